The molecule has 2 aliphatic rings. The lowest BCUT2D eigenvalue weighted by atomic mass is 9.90. The number of aliphatic hydroxyl groups excluding tert-OH is 6. The summed E-state index contributed by atoms with van der Waals surface area (Å²) in [4.78, 5) is 47.2. The Morgan fingerprint density at radius 1 is 1.34 bits per heavy atom. The molecule has 1 aromatic heterocycles. The second-order valence-electron chi connectivity index (χ2n) is 9.32. The van der Waals surface area contributed by atoms with Crippen LogP contribution in [0.3, 0.4) is 0 Å². The van der Waals surface area contributed by atoms with E-state index in [9.17, 15) is 59.6 Å². The number of hydrogen-bond donors (Lipinski definition) is 10. The Labute approximate surface area is 234 Å². The van der Waals surface area contributed by atoms with Crippen LogP contribution in [0.1, 0.15) is 19.6 Å². The third-order valence-electron chi connectivity index (χ3n) is 6.31. The Balaban J connectivity index is 1.79. The quantitative estimate of drug-likeness (QED) is 0.103. The summed E-state index contributed by atoms with van der Waals surface area (Å²) in [6.07, 6.45) is -13.9. The molecule has 2 aliphatic heterocycles. The number of rotatable bonds is 11. The molecule has 0 aromatic carbocycles. The largest absolute Gasteiger partial charge is 0.478 e. The number of aromatic nitrogens is 2. The van der Waals surface area contributed by atoms with Crippen molar-refractivity contribution in [2.75, 3.05) is 18.9 Å². The fourth-order valence-corrected chi connectivity index (χ4v) is 7.60. The van der Waals surface area contributed by atoms with Gasteiger partial charge in [-0.2, -0.15) is 4.98 Å². The van der Waals surface area contributed by atoms with Gasteiger partial charge in [-0.15, -0.1) is 0 Å². The van der Waals surface area contributed by atoms with E-state index in [1.54, 1.807) is 0 Å². The molecule has 0 spiro atoms. The molecule has 41 heavy (non-hydrogen) atoms. The number of nitrogens with zero attached hydrogens (tertiary/aromatic N) is 2. The molecule has 1 aromatic rings. The second-order valence-corrected chi connectivity index (χ2v) is 13.3. The standard InChI is InChI=1S/C20H31N4O15PS/c1-7(26)22-12-8(27)4-20(18(32)33,39-16(12)13(29)9(28)5-25)41-40(35,36)37-6-10-14(30)15(31)17(38-10)24-3-2-11(21)23-19(24)34/h2-3,8-10,12-17,25,27-31H,4-6H2,1H3,(H,22,26)(H,32,33)(H,35,36)(H2,21,23,34)/t8-,9+,10+,12+,13+,14-,15?,16?,17+,20+/m0/s1. The predicted octanol–water partition coefficient (Wildman–Crippen LogP) is -4.56. The van der Waals surface area contributed by atoms with E-state index in [-0.39, 0.29) is 17.2 Å². The van der Waals surface area contributed by atoms with Gasteiger partial charge in [-0.25, -0.2) is 14.2 Å². The number of nitrogens with two attached hydrogens (primary N) is 1. The highest BCUT2D eigenvalue weighted by atomic mass is 32.7. The van der Waals surface area contributed by atoms with E-state index in [0.717, 1.165) is 17.7 Å². The summed E-state index contributed by atoms with van der Waals surface area (Å²) in [5, 5.41) is 73.1. The monoisotopic (exact) mass is 630 g/mol. The minimum absolute atomic E-state index is 0.121. The molecule has 0 saturated carbocycles. The van der Waals surface area contributed by atoms with E-state index in [1.807, 2.05) is 0 Å². The molecule has 3 heterocycles. The number of nitrogens with one attached hydrogen (secondary N) is 1. The summed E-state index contributed by atoms with van der Waals surface area (Å²) in [5.74, 6) is -2.75. The maximum atomic E-state index is 13.0. The lowest BCUT2D eigenvalue weighted by molar-refractivity contribution is -0.204. The van der Waals surface area contributed by atoms with Crippen molar-refractivity contribution in [3.8, 4) is 0 Å². The van der Waals surface area contributed by atoms with Crippen molar-refractivity contribution in [2.45, 2.75) is 73.3 Å². The van der Waals surface area contributed by atoms with Crippen LogP contribution >= 0.6 is 18.2 Å². The van der Waals surface area contributed by atoms with Crippen molar-refractivity contribution in [3.63, 3.8) is 0 Å². The zero-order valence-electron chi connectivity index (χ0n) is 21.2. The molecule has 11 N–H and O–H groups in total. The van der Waals surface area contributed by atoms with E-state index in [0.29, 0.717) is 0 Å². The van der Waals surface area contributed by atoms with Crippen LogP contribution in [0.4, 0.5) is 5.82 Å². The third-order valence-corrected chi connectivity index (χ3v) is 9.65. The SMILES string of the molecule is CC(=O)N[C@H]1C([C@H](O)[C@H](O)CO)O[C@](SP(=O)(O)OC[C@H]2O[C@@H](n3ccc(N)nc3=O)C(O)[C@H]2O)(C(=O)O)C[C@@H]1O. The van der Waals surface area contributed by atoms with Gasteiger partial charge in [-0.1, -0.05) is 0 Å². The van der Waals surface area contributed by atoms with Crippen LogP contribution < -0.4 is 16.7 Å². The van der Waals surface area contributed by atoms with Crippen LogP contribution in [-0.4, -0.2) is 129 Å². The molecule has 2 fully saturated rings. The van der Waals surface area contributed by atoms with Gasteiger partial charge in [0.15, 0.2) is 6.23 Å². The highest BCUT2D eigenvalue weighted by Crippen LogP contribution is 2.64. The van der Waals surface area contributed by atoms with Crippen LogP contribution in [0.2, 0.25) is 0 Å². The summed E-state index contributed by atoms with van der Waals surface area (Å²) in [6, 6.07) is -0.279. The summed E-state index contributed by atoms with van der Waals surface area (Å²) >= 11 is -0.309. The number of aliphatic carboxylic acids is 1. The number of hydrogen-bond acceptors (Lipinski definition) is 16. The fraction of sp³-hybridized carbons (Fsp3) is 0.700. The topological polar surface area (TPSA) is 314 Å². The molecular weight excluding hydrogens is 599 g/mol. The smallest absolute Gasteiger partial charge is 0.389 e. The second kappa shape index (κ2) is 13.0. The molecular formula is C20H31N4O15PS. The number of ether oxygens (including phenoxy) is 2. The Morgan fingerprint density at radius 2 is 2.00 bits per heavy atom. The third kappa shape index (κ3) is 7.42. The highest BCUT2D eigenvalue weighted by molar-refractivity contribution is 8.55. The van der Waals surface area contributed by atoms with Crippen LogP contribution in [0.5, 0.6) is 0 Å². The number of aliphatic hydroxyl groups is 6. The molecule has 0 radical (unpaired) electrons. The highest BCUT2D eigenvalue weighted by Gasteiger charge is 2.58. The Hall–Kier alpha value is -2.20. The summed E-state index contributed by atoms with van der Waals surface area (Å²) < 4.78 is 29.6. The normalized spacial score (nSPS) is 34.9. The van der Waals surface area contributed by atoms with Gasteiger partial charge in [-0.3, -0.25) is 13.9 Å². The number of carbonyl (C=O) groups is 2. The first kappa shape index (κ1) is 33.3. The maximum absolute atomic E-state index is 13.0. The van der Waals surface area contributed by atoms with Gasteiger partial charge in [0.2, 0.25) is 10.8 Å². The molecule has 21 heteroatoms. The summed E-state index contributed by atoms with van der Waals surface area (Å²) in [5.41, 5.74) is 4.49. The average molecular weight is 631 g/mol. The van der Waals surface area contributed by atoms with Crippen molar-refractivity contribution in [3.05, 3.63) is 22.7 Å². The lowest BCUT2D eigenvalue weighted by Crippen LogP contribution is -2.66. The number of amides is 1. The molecule has 11 atom stereocenters. The lowest BCUT2D eigenvalue weighted by Gasteiger charge is -2.46. The van der Waals surface area contributed by atoms with E-state index in [4.69, 9.17) is 19.7 Å². The number of carboxylic acids is 1. The number of anilines is 1. The first-order valence-electron chi connectivity index (χ1n) is 11.9. The van der Waals surface area contributed by atoms with Gasteiger partial charge in [0.25, 0.3) is 0 Å². The van der Waals surface area contributed by atoms with Gasteiger partial charge >= 0.3 is 18.5 Å². The first-order chi connectivity index (χ1) is 19.0. The average Bonchev–Trinajstić information content (AvgIpc) is 3.16. The van der Waals surface area contributed by atoms with Crippen LogP contribution in [0.15, 0.2) is 17.1 Å². The van der Waals surface area contributed by atoms with Gasteiger partial charge in [-0.05, 0) is 6.07 Å². The van der Waals surface area contributed by atoms with Crippen molar-refractivity contribution in [1.82, 2.24) is 14.9 Å². The Bertz CT molecular complexity index is 1220. The molecule has 19 nitrogen and oxygen atoms in total. The molecule has 3 rings (SSSR count). The Kier molecular flexibility index (Phi) is 10.5. The molecule has 3 unspecified atom stereocenters. The van der Waals surface area contributed by atoms with Gasteiger partial charge in [0.05, 0.1) is 25.4 Å². The molecule has 0 bridgehead atoms. The first-order valence-corrected chi connectivity index (χ1v) is 14.9. The fourth-order valence-electron chi connectivity index (χ4n) is 4.32. The van der Waals surface area contributed by atoms with Crippen molar-refractivity contribution < 1.29 is 68.8 Å². The predicted molar refractivity (Wildman–Crippen MR) is 135 cm³/mol. The van der Waals surface area contributed by atoms with Crippen molar-refractivity contribution in [2.24, 2.45) is 0 Å². The van der Waals surface area contributed by atoms with E-state index < -0.39 is 104 Å². The number of nitrogen functional groups attached to an aromatic ring is 1. The minimum Gasteiger partial charge on any atom is -0.478 e. The van der Waals surface area contributed by atoms with E-state index in [1.165, 1.54) is 6.07 Å². The molecule has 2 saturated heterocycles. The van der Waals surface area contributed by atoms with Gasteiger partial charge in [0, 0.05) is 30.9 Å². The van der Waals surface area contributed by atoms with Crippen molar-refractivity contribution >= 4 is 35.9 Å². The summed E-state index contributed by atoms with van der Waals surface area (Å²) in [6.45, 7) is -5.98. The van der Waals surface area contributed by atoms with Crippen LogP contribution in [-0.2, 0) is 28.2 Å². The van der Waals surface area contributed by atoms with Gasteiger partial charge < -0.3 is 61.2 Å². The molecule has 1 amide bonds. The van der Waals surface area contributed by atoms with Crippen LogP contribution in [0.25, 0.3) is 0 Å². The molecule has 0 aliphatic carbocycles. The van der Waals surface area contributed by atoms with Crippen LogP contribution in [0, 0.1) is 0 Å². The number of carboxylic acid groups (broad SMARTS) is 1. The minimum atomic E-state index is -5.10. The van der Waals surface area contributed by atoms with Gasteiger partial charge in [0.1, 0.15) is 42.4 Å². The zero-order chi connectivity index (χ0) is 30.9. The van der Waals surface area contributed by atoms with Crippen molar-refractivity contribution in [1.29, 1.82) is 0 Å². The maximum Gasteiger partial charge on any atom is 0.389 e. The zero-order valence-corrected chi connectivity index (χ0v) is 22.9. The number of carbonyl (C=O) groups excluding carboxylic acids is 1. The Morgan fingerprint density at radius 3 is 2.56 bits per heavy atom. The summed E-state index contributed by atoms with van der Waals surface area (Å²) in [7, 11) is 0. The van der Waals surface area contributed by atoms with E-state index >= 15 is 0 Å². The molecule has 232 valence electrons. The van der Waals surface area contributed by atoms with E-state index in [2.05, 4.69) is 10.3 Å².